The molecule has 1 heterocycles. The van der Waals surface area contributed by atoms with E-state index >= 15 is 0 Å². The molecule has 0 saturated carbocycles. The zero-order valence-corrected chi connectivity index (χ0v) is 9.19. The maximum Gasteiger partial charge on any atom is 0.213 e. The molecule has 5 heteroatoms. The van der Waals surface area contributed by atoms with E-state index in [4.69, 9.17) is 5.84 Å². The standard InChI is InChI=1S/C11H17N5/c12-15-11(16-8-6-13-7-9-16)14-10-4-2-1-3-5-10/h1-5,13H,6-9,12H2,(H,14,15). The Labute approximate surface area is 95.3 Å². The summed E-state index contributed by atoms with van der Waals surface area (Å²) in [4.78, 5) is 6.62. The summed E-state index contributed by atoms with van der Waals surface area (Å²) in [7, 11) is 0. The van der Waals surface area contributed by atoms with Crippen molar-refractivity contribution in [1.82, 2.24) is 15.6 Å². The molecule has 4 N–H and O–H groups in total. The van der Waals surface area contributed by atoms with Crippen LogP contribution >= 0.6 is 0 Å². The van der Waals surface area contributed by atoms with Gasteiger partial charge in [0, 0.05) is 26.2 Å². The molecule has 0 radical (unpaired) electrons. The molecule has 0 bridgehead atoms. The number of benzene rings is 1. The number of nitrogens with two attached hydrogens (primary N) is 1. The summed E-state index contributed by atoms with van der Waals surface area (Å²) in [6, 6.07) is 9.81. The first kappa shape index (κ1) is 10.9. The van der Waals surface area contributed by atoms with Crippen LogP contribution in [0.4, 0.5) is 5.69 Å². The highest BCUT2D eigenvalue weighted by Crippen LogP contribution is 2.10. The van der Waals surface area contributed by atoms with Gasteiger partial charge >= 0.3 is 0 Å². The van der Waals surface area contributed by atoms with Crippen LogP contribution in [0, 0.1) is 0 Å². The first-order chi connectivity index (χ1) is 7.90. The largest absolute Gasteiger partial charge is 0.339 e. The number of piperazine rings is 1. The van der Waals surface area contributed by atoms with Gasteiger partial charge in [-0.3, -0.25) is 5.43 Å². The molecule has 1 aliphatic heterocycles. The van der Waals surface area contributed by atoms with E-state index in [0.29, 0.717) is 0 Å². The zero-order valence-electron chi connectivity index (χ0n) is 9.19. The monoisotopic (exact) mass is 219 g/mol. The highest BCUT2D eigenvalue weighted by molar-refractivity contribution is 5.82. The fourth-order valence-corrected chi connectivity index (χ4v) is 1.70. The summed E-state index contributed by atoms with van der Waals surface area (Å²) in [5, 5.41) is 3.29. The first-order valence-corrected chi connectivity index (χ1v) is 5.46. The van der Waals surface area contributed by atoms with Crippen molar-refractivity contribution in [3.8, 4) is 0 Å². The van der Waals surface area contributed by atoms with Gasteiger partial charge in [-0.1, -0.05) is 18.2 Å². The summed E-state index contributed by atoms with van der Waals surface area (Å²) in [6.07, 6.45) is 0. The number of para-hydroxylation sites is 1. The Morgan fingerprint density at radius 3 is 2.56 bits per heavy atom. The number of rotatable bonds is 1. The second-order valence-electron chi connectivity index (χ2n) is 3.65. The number of hydrogen-bond acceptors (Lipinski definition) is 3. The number of hydrogen-bond donors (Lipinski definition) is 3. The number of nitrogens with zero attached hydrogens (tertiary/aromatic N) is 2. The minimum atomic E-state index is 0.729. The highest BCUT2D eigenvalue weighted by Gasteiger charge is 2.13. The molecule has 0 aromatic heterocycles. The lowest BCUT2D eigenvalue weighted by Gasteiger charge is -2.29. The van der Waals surface area contributed by atoms with Crippen LogP contribution in [0.25, 0.3) is 0 Å². The van der Waals surface area contributed by atoms with Gasteiger partial charge in [0.25, 0.3) is 0 Å². The quantitative estimate of drug-likeness (QED) is 0.270. The fourth-order valence-electron chi connectivity index (χ4n) is 1.70. The van der Waals surface area contributed by atoms with Crippen LogP contribution < -0.4 is 16.6 Å². The van der Waals surface area contributed by atoms with Gasteiger partial charge in [-0.05, 0) is 12.1 Å². The normalized spacial score (nSPS) is 17.3. The average molecular weight is 219 g/mol. The molecule has 1 aliphatic rings. The fraction of sp³-hybridized carbons (Fsp3) is 0.364. The number of guanidine groups is 1. The van der Waals surface area contributed by atoms with Crippen molar-refractivity contribution in [2.75, 3.05) is 26.2 Å². The molecule has 1 fully saturated rings. The molecular weight excluding hydrogens is 202 g/mol. The molecule has 2 rings (SSSR count). The third-order valence-electron chi connectivity index (χ3n) is 2.54. The molecule has 0 amide bonds. The molecule has 1 aromatic rings. The Kier molecular flexibility index (Phi) is 3.74. The zero-order chi connectivity index (χ0) is 11.2. The molecule has 0 atom stereocenters. The van der Waals surface area contributed by atoms with Crippen molar-refractivity contribution < 1.29 is 0 Å². The molecule has 5 nitrogen and oxygen atoms in total. The summed E-state index contributed by atoms with van der Waals surface area (Å²) in [5.41, 5.74) is 3.58. The van der Waals surface area contributed by atoms with Gasteiger partial charge in [-0.2, -0.15) is 0 Å². The minimum Gasteiger partial charge on any atom is -0.339 e. The lowest BCUT2D eigenvalue weighted by Crippen LogP contribution is -2.52. The van der Waals surface area contributed by atoms with Gasteiger partial charge in [-0.15, -0.1) is 0 Å². The topological polar surface area (TPSA) is 65.7 Å². The van der Waals surface area contributed by atoms with Crippen molar-refractivity contribution in [1.29, 1.82) is 0 Å². The molecule has 16 heavy (non-hydrogen) atoms. The number of hydrazine groups is 1. The Morgan fingerprint density at radius 1 is 1.25 bits per heavy atom. The Morgan fingerprint density at radius 2 is 1.94 bits per heavy atom. The third-order valence-corrected chi connectivity index (χ3v) is 2.54. The smallest absolute Gasteiger partial charge is 0.213 e. The van der Waals surface area contributed by atoms with Gasteiger partial charge in [0.05, 0.1) is 5.69 Å². The van der Waals surface area contributed by atoms with Gasteiger partial charge in [0.1, 0.15) is 0 Å². The van der Waals surface area contributed by atoms with E-state index in [2.05, 4.69) is 20.6 Å². The number of aliphatic imine (C=N–C) groups is 1. The predicted octanol–water partition coefficient (Wildman–Crippen LogP) is 0.0426. The average Bonchev–Trinajstić information content (AvgIpc) is 2.38. The van der Waals surface area contributed by atoms with Crippen molar-refractivity contribution in [2.24, 2.45) is 10.8 Å². The van der Waals surface area contributed by atoms with Crippen LogP contribution in [0.2, 0.25) is 0 Å². The Hall–Kier alpha value is -1.59. The maximum absolute atomic E-state index is 5.51. The molecule has 0 spiro atoms. The Bertz CT molecular complexity index is 343. The van der Waals surface area contributed by atoms with Gasteiger partial charge in [-0.25, -0.2) is 10.8 Å². The Balaban J connectivity index is 2.12. The van der Waals surface area contributed by atoms with Crippen LogP contribution in [-0.2, 0) is 0 Å². The van der Waals surface area contributed by atoms with Crippen LogP contribution in [0.1, 0.15) is 0 Å². The molecule has 0 aliphatic carbocycles. The molecule has 1 saturated heterocycles. The van der Waals surface area contributed by atoms with E-state index in [-0.39, 0.29) is 0 Å². The van der Waals surface area contributed by atoms with Crippen LogP contribution in [-0.4, -0.2) is 37.0 Å². The van der Waals surface area contributed by atoms with Crippen molar-refractivity contribution in [3.05, 3.63) is 30.3 Å². The van der Waals surface area contributed by atoms with Crippen LogP contribution in [0.3, 0.4) is 0 Å². The molecule has 86 valence electrons. The van der Waals surface area contributed by atoms with Gasteiger partial charge < -0.3 is 10.2 Å². The second kappa shape index (κ2) is 5.48. The van der Waals surface area contributed by atoms with Crippen molar-refractivity contribution in [2.45, 2.75) is 0 Å². The van der Waals surface area contributed by atoms with E-state index in [9.17, 15) is 0 Å². The summed E-state index contributed by atoms with van der Waals surface area (Å²) >= 11 is 0. The van der Waals surface area contributed by atoms with Crippen molar-refractivity contribution >= 4 is 11.6 Å². The SMILES string of the molecule is NNC(=Nc1ccccc1)N1CCNCC1. The van der Waals surface area contributed by atoms with E-state index in [1.165, 1.54) is 0 Å². The van der Waals surface area contributed by atoms with E-state index in [1.807, 2.05) is 30.3 Å². The van der Waals surface area contributed by atoms with E-state index in [0.717, 1.165) is 37.8 Å². The highest BCUT2D eigenvalue weighted by atomic mass is 15.4. The lowest BCUT2D eigenvalue weighted by atomic mass is 10.3. The second-order valence-corrected chi connectivity index (χ2v) is 3.65. The van der Waals surface area contributed by atoms with Crippen molar-refractivity contribution in [3.63, 3.8) is 0 Å². The molecular formula is C11H17N5. The minimum absolute atomic E-state index is 0.729. The summed E-state index contributed by atoms with van der Waals surface area (Å²) in [6.45, 7) is 3.79. The van der Waals surface area contributed by atoms with Gasteiger partial charge in [0.2, 0.25) is 5.96 Å². The molecule has 1 aromatic carbocycles. The number of nitrogens with one attached hydrogen (secondary N) is 2. The van der Waals surface area contributed by atoms with E-state index in [1.54, 1.807) is 0 Å². The van der Waals surface area contributed by atoms with Gasteiger partial charge in [0.15, 0.2) is 0 Å². The first-order valence-electron chi connectivity index (χ1n) is 5.46. The maximum atomic E-state index is 5.51. The van der Waals surface area contributed by atoms with Crippen LogP contribution in [0.5, 0.6) is 0 Å². The predicted molar refractivity (Wildman–Crippen MR) is 65.3 cm³/mol. The third kappa shape index (κ3) is 2.71. The lowest BCUT2D eigenvalue weighted by molar-refractivity contribution is 0.347. The summed E-state index contributed by atoms with van der Waals surface area (Å²) < 4.78 is 0. The summed E-state index contributed by atoms with van der Waals surface area (Å²) in [5.74, 6) is 6.24. The van der Waals surface area contributed by atoms with Crippen LogP contribution in [0.15, 0.2) is 35.3 Å². The van der Waals surface area contributed by atoms with E-state index < -0.39 is 0 Å². The molecule has 0 unspecified atom stereocenters.